The number of aromatic hydroxyl groups is 1. The first-order valence-electron chi connectivity index (χ1n) is 7.02. The predicted octanol–water partition coefficient (Wildman–Crippen LogP) is 1.76. The van der Waals surface area contributed by atoms with Gasteiger partial charge in [0.2, 0.25) is 0 Å². The molecule has 2 rings (SSSR count). The van der Waals surface area contributed by atoms with Crippen LogP contribution >= 0.6 is 0 Å². The number of nitrogens with zero attached hydrogens (tertiary/aromatic N) is 1. The highest BCUT2D eigenvalue weighted by molar-refractivity contribution is 5.34. The minimum Gasteiger partial charge on any atom is -0.508 e. The first kappa shape index (κ1) is 14.3. The maximum Gasteiger partial charge on any atom is 0.120 e. The van der Waals surface area contributed by atoms with Gasteiger partial charge < -0.3 is 20.1 Å². The molecule has 4 heteroatoms. The van der Waals surface area contributed by atoms with Gasteiger partial charge in [-0.05, 0) is 19.5 Å². The SMILES string of the molecule is CCC(NCC1CN(C)CCO1)c1ccccc1O. The van der Waals surface area contributed by atoms with Crippen molar-refractivity contribution in [3.05, 3.63) is 29.8 Å². The molecular formula is C15H24N2O2. The molecule has 0 amide bonds. The molecule has 1 aromatic rings. The van der Waals surface area contributed by atoms with E-state index < -0.39 is 0 Å². The molecule has 2 unspecified atom stereocenters. The van der Waals surface area contributed by atoms with Crippen molar-refractivity contribution in [3.63, 3.8) is 0 Å². The van der Waals surface area contributed by atoms with Gasteiger partial charge in [0.25, 0.3) is 0 Å². The Bertz CT molecular complexity index is 397. The Morgan fingerprint density at radius 2 is 2.26 bits per heavy atom. The molecule has 0 spiro atoms. The monoisotopic (exact) mass is 264 g/mol. The zero-order chi connectivity index (χ0) is 13.7. The lowest BCUT2D eigenvalue weighted by Gasteiger charge is -2.31. The van der Waals surface area contributed by atoms with Crippen LogP contribution in [0.15, 0.2) is 24.3 Å². The fourth-order valence-electron chi connectivity index (χ4n) is 2.52. The van der Waals surface area contributed by atoms with Gasteiger partial charge in [-0.3, -0.25) is 0 Å². The summed E-state index contributed by atoms with van der Waals surface area (Å²) in [4.78, 5) is 2.29. The summed E-state index contributed by atoms with van der Waals surface area (Å²) in [5.41, 5.74) is 0.967. The highest BCUT2D eigenvalue weighted by Gasteiger charge is 2.19. The van der Waals surface area contributed by atoms with E-state index in [1.807, 2.05) is 18.2 Å². The molecule has 1 saturated heterocycles. The number of hydrogen-bond acceptors (Lipinski definition) is 4. The molecule has 0 aromatic heterocycles. The van der Waals surface area contributed by atoms with Gasteiger partial charge in [-0.15, -0.1) is 0 Å². The van der Waals surface area contributed by atoms with E-state index in [2.05, 4.69) is 24.2 Å². The number of rotatable bonds is 5. The summed E-state index contributed by atoms with van der Waals surface area (Å²) < 4.78 is 5.74. The van der Waals surface area contributed by atoms with E-state index in [4.69, 9.17) is 4.74 Å². The van der Waals surface area contributed by atoms with Gasteiger partial charge in [-0.1, -0.05) is 25.1 Å². The molecule has 106 valence electrons. The Morgan fingerprint density at radius 3 is 2.95 bits per heavy atom. The van der Waals surface area contributed by atoms with Crippen LogP contribution in [0, 0.1) is 0 Å². The Balaban J connectivity index is 1.91. The molecule has 19 heavy (non-hydrogen) atoms. The fraction of sp³-hybridized carbons (Fsp3) is 0.600. The lowest BCUT2D eigenvalue weighted by atomic mass is 10.0. The second-order valence-corrected chi connectivity index (χ2v) is 5.18. The van der Waals surface area contributed by atoms with E-state index >= 15 is 0 Å². The molecule has 1 heterocycles. The van der Waals surface area contributed by atoms with Gasteiger partial charge in [0, 0.05) is 31.2 Å². The van der Waals surface area contributed by atoms with Gasteiger partial charge in [-0.2, -0.15) is 0 Å². The van der Waals surface area contributed by atoms with Crippen molar-refractivity contribution in [2.75, 3.05) is 33.3 Å². The van der Waals surface area contributed by atoms with Crippen LogP contribution in [0.5, 0.6) is 5.75 Å². The standard InChI is InChI=1S/C15H24N2O2/c1-3-14(13-6-4-5-7-15(13)18)16-10-12-11-17(2)8-9-19-12/h4-7,12,14,16,18H,3,8-11H2,1-2H3. The van der Waals surface area contributed by atoms with Crippen LogP contribution in [0.4, 0.5) is 0 Å². The number of ether oxygens (including phenoxy) is 1. The number of phenols is 1. The first-order chi connectivity index (χ1) is 9.20. The molecule has 2 N–H and O–H groups in total. The molecule has 1 aromatic carbocycles. The third-order valence-corrected chi connectivity index (χ3v) is 3.65. The fourth-order valence-corrected chi connectivity index (χ4v) is 2.52. The zero-order valence-electron chi connectivity index (χ0n) is 11.8. The van der Waals surface area contributed by atoms with Crippen molar-refractivity contribution < 1.29 is 9.84 Å². The summed E-state index contributed by atoms with van der Waals surface area (Å²) in [5.74, 6) is 0.364. The van der Waals surface area contributed by atoms with Crippen LogP contribution in [0.2, 0.25) is 0 Å². The van der Waals surface area contributed by atoms with Crippen LogP contribution in [-0.2, 0) is 4.74 Å². The van der Waals surface area contributed by atoms with Crippen LogP contribution < -0.4 is 5.32 Å². The first-order valence-corrected chi connectivity index (χ1v) is 7.02. The number of para-hydroxylation sites is 1. The number of phenolic OH excluding ortho intramolecular Hbond substituents is 1. The zero-order valence-corrected chi connectivity index (χ0v) is 11.8. The van der Waals surface area contributed by atoms with Gasteiger partial charge in [0.15, 0.2) is 0 Å². The second-order valence-electron chi connectivity index (χ2n) is 5.18. The van der Waals surface area contributed by atoms with Crippen LogP contribution in [-0.4, -0.2) is 49.4 Å². The van der Waals surface area contributed by atoms with E-state index in [9.17, 15) is 5.11 Å². The molecule has 0 bridgehead atoms. The summed E-state index contributed by atoms with van der Waals surface area (Å²) in [6, 6.07) is 7.71. The Labute approximate surface area is 115 Å². The molecular weight excluding hydrogens is 240 g/mol. The number of hydrogen-bond donors (Lipinski definition) is 2. The van der Waals surface area contributed by atoms with E-state index in [1.54, 1.807) is 6.07 Å². The molecule has 4 nitrogen and oxygen atoms in total. The molecule has 1 aliphatic rings. The lowest BCUT2D eigenvalue weighted by molar-refractivity contribution is -0.0193. The third-order valence-electron chi connectivity index (χ3n) is 3.65. The average molecular weight is 264 g/mol. The van der Waals surface area contributed by atoms with Crippen molar-refractivity contribution in [3.8, 4) is 5.75 Å². The van der Waals surface area contributed by atoms with Crippen molar-refractivity contribution in [2.45, 2.75) is 25.5 Å². The molecule has 0 aliphatic carbocycles. The van der Waals surface area contributed by atoms with E-state index in [1.165, 1.54) is 0 Å². The summed E-state index contributed by atoms with van der Waals surface area (Å²) >= 11 is 0. The van der Waals surface area contributed by atoms with Gasteiger partial charge in [-0.25, -0.2) is 0 Å². The topological polar surface area (TPSA) is 44.7 Å². The normalized spacial score (nSPS) is 22.3. The quantitative estimate of drug-likeness (QED) is 0.850. The van der Waals surface area contributed by atoms with E-state index in [0.717, 1.165) is 38.2 Å². The minimum absolute atomic E-state index is 0.178. The number of nitrogens with one attached hydrogen (secondary N) is 1. The molecule has 1 fully saturated rings. The Morgan fingerprint density at radius 1 is 1.47 bits per heavy atom. The lowest BCUT2D eigenvalue weighted by Crippen LogP contribution is -2.45. The smallest absolute Gasteiger partial charge is 0.120 e. The highest BCUT2D eigenvalue weighted by Crippen LogP contribution is 2.25. The van der Waals surface area contributed by atoms with Gasteiger partial charge in [0.05, 0.1) is 12.7 Å². The molecule has 2 atom stereocenters. The molecule has 0 saturated carbocycles. The maximum atomic E-state index is 9.91. The summed E-state index contributed by atoms with van der Waals surface area (Å²) in [7, 11) is 2.12. The van der Waals surface area contributed by atoms with Crippen LogP contribution in [0.1, 0.15) is 24.9 Å². The summed E-state index contributed by atoms with van der Waals surface area (Å²) in [6.45, 7) is 5.71. The van der Waals surface area contributed by atoms with Crippen molar-refractivity contribution >= 4 is 0 Å². The summed E-state index contributed by atoms with van der Waals surface area (Å²) in [5, 5.41) is 13.4. The van der Waals surface area contributed by atoms with Crippen LogP contribution in [0.25, 0.3) is 0 Å². The summed E-state index contributed by atoms with van der Waals surface area (Å²) in [6.07, 6.45) is 1.18. The second kappa shape index (κ2) is 6.89. The molecule has 1 aliphatic heterocycles. The Hall–Kier alpha value is -1.10. The van der Waals surface area contributed by atoms with Gasteiger partial charge in [0.1, 0.15) is 5.75 Å². The van der Waals surface area contributed by atoms with Gasteiger partial charge >= 0.3 is 0 Å². The van der Waals surface area contributed by atoms with E-state index in [-0.39, 0.29) is 12.1 Å². The Kier molecular flexibility index (Phi) is 5.19. The molecule has 0 radical (unpaired) electrons. The van der Waals surface area contributed by atoms with Crippen molar-refractivity contribution in [1.82, 2.24) is 10.2 Å². The van der Waals surface area contributed by atoms with Crippen molar-refractivity contribution in [2.24, 2.45) is 0 Å². The maximum absolute atomic E-state index is 9.91. The van der Waals surface area contributed by atoms with Crippen molar-refractivity contribution in [1.29, 1.82) is 0 Å². The minimum atomic E-state index is 0.178. The largest absolute Gasteiger partial charge is 0.508 e. The highest BCUT2D eigenvalue weighted by atomic mass is 16.5. The number of likely N-dealkylation sites (N-methyl/N-ethyl adjacent to an activating group) is 1. The number of benzene rings is 1. The third kappa shape index (κ3) is 3.93. The number of morpholine rings is 1. The average Bonchev–Trinajstić information content (AvgIpc) is 2.41. The van der Waals surface area contributed by atoms with Crippen LogP contribution in [0.3, 0.4) is 0 Å². The van der Waals surface area contributed by atoms with E-state index in [0.29, 0.717) is 5.75 Å². The predicted molar refractivity (Wildman–Crippen MR) is 76.4 cm³/mol.